The van der Waals surface area contributed by atoms with E-state index in [9.17, 15) is 4.79 Å². The van der Waals surface area contributed by atoms with Gasteiger partial charge < -0.3 is 21.5 Å². The van der Waals surface area contributed by atoms with Crippen molar-refractivity contribution in [2.75, 3.05) is 5.32 Å². The Kier molecular flexibility index (Phi) is 3.38. The lowest BCUT2D eigenvalue weighted by atomic mass is 9.72. The third kappa shape index (κ3) is 2.53. The minimum absolute atomic E-state index is 0.195. The summed E-state index contributed by atoms with van der Waals surface area (Å²) in [5, 5.41) is 14.6. The molecule has 1 aliphatic carbocycles. The van der Waals surface area contributed by atoms with E-state index < -0.39 is 11.6 Å². The standard InChI is InChI=1S/C12H15N3O2S/c13-10(18)14-9-4-1-3-8(7-9)12(5-2-6-12)15-11(16)17/h1,3-4,7,15H,2,5-6H2,(H,16,17)(H3,13,14,18). The molecular formula is C12H15N3O2S. The molecule has 1 aromatic carbocycles. The van der Waals surface area contributed by atoms with Crippen LogP contribution in [0.3, 0.4) is 0 Å². The van der Waals surface area contributed by atoms with Gasteiger partial charge in [-0.3, -0.25) is 0 Å². The summed E-state index contributed by atoms with van der Waals surface area (Å²) in [6.07, 6.45) is 1.65. The summed E-state index contributed by atoms with van der Waals surface area (Å²) in [7, 11) is 0. The number of amides is 1. The van der Waals surface area contributed by atoms with E-state index in [1.54, 1.807) is 0 Å². The summed E-state index contributed by atoms with van der Waals surface area (Å²) in [5.74, 6) is 0. The fraction of sp³-hybridized carbons (Fsp3) is 0.333. The van der Waals surface area contributed by atoms with Crippen LogP contribution in [0.4, 0.5) is 10.5 Å². The summed E-state index contributed by atoms with van der Waals surface area (Å²) in [6, 6.07) is 7.50. The van der Waals surface area contributed by atoms with Crippen LogP contribution in [0.5, 0.6) is 0 Å². The second-order valence-corrected chi connectivity index (χ2v) is 4.88. The third-order valence-electron chi connectivity index (χ3n) is 3.24. The van der Waals surface area contributed by atoms with E-state index >= 15 is 0 Å². The first-order valence-corrected chi connectivity index (χ1v) is 6.11. The largest absolute Gasteiger partial charge is 0.465 e. The zero-order valence-electron chi connectivity index (χ0n) is 9.77. The van der Waals surface area contributed by atoms with Gasteiger partial charge in [0.15, 0.2) is 5.11 Å². The van der Waals surface area contributed by atoms with Crippen LogP contribution in [0.1, 0.15) is 24.8 Å². The van der Waals surface area contributed by atoms with Gasteiger partial charge in [0.05, 0.1) is 5.54 Å². The first-order chi connectivity index (χ1) is 8.52. The van der Waals surface area contributed by atoms with Gasteiger partial charge in [-0.2, -0.15) is 0 Å². The number of rotatable bonds is 3. The normalized spacial score (nSPS) is 16.4. The first kappa shape index (κ1) is 12.6. The van der Waals surface area contributed by atoms with Crippen LogP contribution in [0, 0.1) is 0 Å². The van der Waals surface area contributed by atoms with Crippen molar-refractivity contribution in [1.82, 2.24) is 5.32 Å². The smallest absolute Gasteiger partial charge is 0.405 e. The van der Waals surface area contributed by atoms with Crippen LogP contribution in [0.2, 0.25) is 0 Å². The molecule has 0 aromatic heterocycles. The van der Waals surface area contributed by atoms with Crippen molar-refractivity contribution in [3.05, 3.63) is 29.8 Å². The number of carbonyl (C=O) groups is 1. The molecule has 0 radical (unpaired) electrons. The maximum atomic E-state index is 10.9. The van der Waals surface area contributed by atoms with E-state index in [1.807, 2.05) is 24.3 Å². The molecule has 0 bridgehead atoms. The van der Waals surface area contributed by atoms with Gasteiger partial charge in [-0.25, -0.2) is 4.79 Å². The minimum atomic E-state index is -0.998. The van der Waals surface area contributed by atoms with Crippen LogP contribution in [-0.2, 0) is 5.54 Å². The Morgan fingerprint density at radius 1 is 1.44 bits per heavy atom. The van der Waals surface area contributed by atoms with E-state index in [1.165, 1.54) is 0 Å². The Hall–Kier alpha value is -1.82. The summed E-state index contributed by atoms with van der Waals surface area (Å²) in [5.41, 5.74) is 6.68. The first-order valence-electron chi connectivity index (χ1n) is 5.70. The Bertz CT molecular complexity index is 486. The highest BCUT2D eigenvalue weighted by atomic mass is 32.1. The van der Waals surface area contributed by atoms with Gasteiger partial charge in [-0.05, 0) is 49.2 Å². The molecule has 1 amide bonds. The van der Waals surface area contributed by atoms with Crippen LogP contribution in [0.15, 0.2) is 24.3 Å². The van der Waals surface area contributed by atoms with Gasteiger partial charge in [0.25, 0.3) is 0 Å². The minimum Gasteiger partial charge on any atom is -0.465 e. The molecule has 6 heteroatoms. The Morgan fingerprint density at radius 2 is 2.17 bits per heavy atom. The average Bonchev–Trinajstić information content (AvgIpc) is 2.22. The fourth-order valence-electron chi connectivity index (χ4n) is 2.26. The molecule has 1 saturated carbocycles. The monoisotopic (exact) mass is 265 g/mol. The summed E-state index contributed by atoms with van der Waals surface area (Å²) in [6.45, 7) is 0. The van der Waals surface area contributed by atoms with Crippen molar-refractivity contribution in [3.8, 4) is 0 Å². The molecule has 18 heavy (non-hydrogen) atoms. The number of nitrogens with two attached hydrogens (primary N) is 1. The van der Waals surface area contributed by atoms with Gasteiger partial charge in [0, 0.05) is 5.69 Å². The predicted molar refractivity (Wildman–Crippen MR) is 73.5 cm³/mol. The molecule has 0 aliphatic heterocycles. The number of carboxylic acid groups (broad SMARTS) is 1. The summed E-state index contributed by atoms with van der Waals surface area (Å²) < 4.78 is 0. The average molecular weight is 265 g/mol. The highest BCUT2D eigenvalue weighted by Crippen LogP contribution is 2.41. The van der Waals surface area contributed by atoms with Crippen molar-refractivity contribution in [2.45, 2.75) is 24.8 Å². The number of nitrogens with one attached hydrogen (secondary N) is 2. The lowest BCUT2D eigenvalue weighted by Crippen LogP contribution is -2.50. The summed E-state index contributed by atoms with van der Waals surface area (Å²) in [4.78, 5) is 10.9. The molecule has 1 fully saturated rings. The molecule has 1 aromatic rings. The van der Waals surface area contributed by atoms with Gasteiger partial charge in [-0.1, -0.05) is 12.1 Å². The SMILES string of the molecule is NC(=S)Nc1cccc(C2(NC(=O)O)CCC2)c1. The molecule has 0 atom stereocenters. The molecule has 1 aliphatic rings. The van der Waals surface area contributed by atoms with Crippen molar-refractivity contribution in [1.29, 1.82) is 0 Å². The van der Waals surface area contributed by atoms with Crippen molar-refractivity contribution in [3.63, 3.8) is 0 Å². The number of thiocarbonyl (C=S) groups is 1. The van der Waals surface area contributed by atoms with Crippen LogP contribution in [0.25, 0.3) is 0 Å². The van der Waals surface area contributed by atoms with E-state index in [2.05, 4.69) is 10.6 Å². The molecule has 2 rings (SSSR count). The molecule has 0 unspecified atom stereocenters. The highest BCUT2D eigenvalue weighted by molar-refractivity contribution is 7.80. The topological polar surface area (TPSA) is 87.4 Å². The number of anilines is 1. The third-order valence-corrected chi connectivity index (χ3v) is 3.34. The molecular weight excluding hydrogens is 250 g/mol. The van der Waals surface area contributed by atoms with E-state index in [0.29, 0.717) is 0 Å². The zero-order valence-corrected chi connectivity index (χ0v) is 10.6. The highest BCUT2D eigenvalue weighted by Gasteiger charge is 2.40. The van der Waals surface area contributed by atoms with E-state index in [4.69, 9.17) is 23.1 Å². The number of hydrogen-bond donors (Lipinski definition) is 4. The second-order valence-electron chi connectivity index (χ2n) is 4.44. The quantitative estimate of drug-likeness (QED) is 0.628. The Balaban J connectivity index is 2.26. The molecule has 5 N–H and O–H groups in total. The fourth-order valence-corrected chi connectivity index (χ4v) is 2.38. The van der Waals surface area contributed by atoms with Crippen LogP contribution < -0.4 is 16.4 Å². The Morgan fingerprint density at radius 3 is 2.67 bits per heavy atom. The van der Waals surface area contributed by atoms with Gasteiger partial charge >= 0.3 is 6.09 Å². The lowest BCUT2D eigenvalue weighted by Gasteiger charge is -2.42. The molecule has 0 saturated heterocycles. The number of benzene rings is 1. The summed E-state index contributed by atoms with van der Waals surface area (Å²) >= 11 is 4.78. The second kappa shape index (κ2) is 4.81. The van der Waals surface area contributed by atoms with E-state index in [-0.39, 0.29) is 5.11 Å². The predicted octanol–water partition coefficient (Wildman–Crippen LogP) is 1.99. The van der Waals surface area contributed by atoms with Crippen LogP contribution >= 0.6 is 12.2 Å². The van der Waals surface area contributed by atoms with Gasteiger partial charge in [0.1, 0.15) is 0 Å². The van der Waals surface area contributed by atoms with Crippen molar-refractivity contribution >= 4 is 29.1 Å². The molecule has 0 heterocycles. The maximum absolute atomic E-state index is 10.9. The molecule has 96 valence electrons. The van der Waals surface area contributed by atoms with Crippen LogP contribution in [-0.4, -0.2) is 16.3 Å². The van der Waals surface area contributed by atoms with Gasteiger partial charge in [0.2, 0.25) is 0 Å². The Labute approximate surface area is 110 Å². The van der Waals surface area contributed by atoms with Crippen molar-refractivity contribution in [2.24, 2.45) is 5.73 Å². The van der Waals surface area contributed by atoms with Gasteiger partial charge in [-0.15, -0.1) is 0 Å². The number of hydrogen-bond acceptors (Lipinski definition) is 2. The molecule has 0 spiro atoms. The van der Waals surface area contributed by atoms with E-state index in [0.717, 1.165) is 30.5 Å². The zero-order chi connectivity index (χ0) is 13.2. The maximum Gasteiger partial charge on any atom is 0.405 e. The lowest BCUT2D eigenvalue weighted by molar-refractivity contribution is 0.144. The van der Waals surface area contributed by atoms with Crippen molar-refractivity contribution < 1.29 is 9.90 Å². The molecule has 5 nitrogen and oxygen atoms in total.